The van der Waals surface area contributed by atoms with E-state index < -0.39 is 10.7 Å². The van der Waals surface area contributed by atoms with E-state index in [1.165, 1.54) is 0 Å². The zero-order valence-corrected chi connectivity index (χ0v) is 11.4. The summed E-state index contributed by atoms with van der Waals surface area (Å²) in [4.78, 5) is 10.2. The Labute approximate surface area is 125 Å². The highest BCUT2D eigenvalue weighted by atomic mass is 19.1. The molecule has 0 spiro atoms. The number of rotatable bonds is 6. The van der Waals surface area contributed by atoms with Crippen LogP contribution in [0.1, 0.15) is 5.56 Å². The van der Waals surface area contributed by atoms with Crippen molar-refractivity contribution in [2.75, 3.05) is 13.2 Å². The molecule has 0 bridgehead atoms. The van der Waals surface area contributed by atoms with Crippen LogP contribution in [0.15, 0.2) is 42.5 Å². The van der Waals surface area contributed by atoms with Crippen molar-refractivity contribution < 1.29 is 18.8 Å². The van der Waals surface area contributed by atoms with Gasteiger partial charge in [-0.15, -0.1) is 0 Å². The van der Waals surface area contributed by atoms with Crippen molar-refractivity contribution in [3.8, 4) is 17.6 Å². The van der Waals surface area contributed by atoms with Crippen molar-refractivity contribution in [3.63, 3.8) is 0 Å². The highest BCUT2D eigenvalue weighted by molar-refractivity contribution is 5.46. The van der Waals surface area contributed by atoms with Crippen molar-refractivity contribution in [1.82, 2.24) is 0 Å². The minimum Gasteiger partial charge on any atom is -0.490 e. The zero-order valence-electron chi connectivity index (χ0n) is 11.4. The van der Waals surface area contributed by atoms with E-state index in [-0.39, 0.29) is 24.7 Å². The fourth-order valence-electron chi connectivity index (χ4n) is 1.72. The largest absolute Gasteiger partial charge is 0.490 e. The SMILES string of the molecule is N#Cc1cccc(OCCOc2cc(F)ccc2[N+](=O)[O-])c1. The van der Waals surface area contributed by atoms with Gasteiger partial charge in [0.25, 0.3) is 0 Å². The van der Waals surface area contributed by atoms with Crippen LogP contribution in [0.4, 0.5) is 10.1 Å². The fraction of sp³-hybridized carbons (Fsp3) is 0.133. The molecule has 0 atom stereocenters. The van der Waals surface area contributed by atoms with Gasteiger partial charge in [0, 0.05) is 12.1 Å². The summed E-state index contributed by atoms with van der Waals surface area (Å²) >= 11 is 0. The monoisotopic (exact) mass is 302 g/mol. The second-order valence-corrected chi connectivity index (χ2v) is 4.21. The molecular weight excluding hydrogens is 291 g/mol. The Hall–Kier alpha value is -3.14. The molecule has 0 amide bonds. The summed E-state index contributed by atoms with van der Waals surface area (Å²) in [6, 6.07) is 11.5. The van der Waals surface area contributed by atoms with Gasteiger partial charge in [-0.1, -0.05) is 6.07 Å². The van der Waals surface area contributed by atoms with Gasteiger partial charge in [-0.05, 0) is 24.3 Å². The molecule has 2 aromatic rings. The third-order valence-corrected chi connectivity index (χ3v) is 2.69. The first kappa shape index (κ1) is 15.3. The van der Waals surface area contributed by atoms with Crippen molar-refractivity contribution in [3.05, 3.63) is 64.0 Å². The Bertz CT molecular complexity index is 728. The van der Waals surface area contributed by atoms with Crippen molar-refractivity contribution >= 4 is 5.69 Å². The van der Waals surface area contributed by atoms with Gasteiger partial charge in [0.15, 0.2) is 5.75 Å². The first-order valence-electron chi connectivity index (χ1n) is 6.30. The molecule has 112 valence electrons. The molecule has 0 radical (unpaired) electrons. The number of benzene rings is 2. The van der Waals surface area contributed by atoms with Crippen LogP contribution < -0.4 is 9.47 Å². The number of ether oxygens (including phenoxy) is 2. The molecule has 0 N–H and O–H groups in total. The van der Waals surface area contributed by atoms with Crippen LogP contribution in [0.2, 0.25) is 0 Å². The third kappa shape index (κ3) is 3.93. The van der Waals surface area contributed by atoms with E-state index in [0.29, 0.717) is 11.3 Å². The minimum atomic E-state index is -0.647. The van der Waals surface area contributed by atoms with Crippen LogP contribution in [0.5, 0.6) is 11.5 Å². The van der Waals surface area contributed by atoms with Crippen LogP contribution in [-0.4, -0.2) is 18.1 Å². The summed E-state index contributed by atoms with van der Waals surface area (Å²) in [5.74, 6) is -0.293. The summed E-state index contributed by atoms with van der Waals surface area (Å²) in [6.45, 7) is 0.101. The van der Waals surface area contributed by atoms with E-state index in [1.807, 2.05) is 6.07 Å². The molecule has 22 heavy (non-hydrogen) atoms. The normalized spacial score (nSPS) is 9.82. The molecule has 0 aliphatic rings. The first-order chi connectivity index (χ1) is 10.6. The lowest BCUT2D eigenvalue weighted by atomic mass is 10.2. The average Bonchev–Trinajstić information content (AvgIpc) is 2.51. The molecule has 0 fully saturated rings. The quantitative estimate of drug-likeness (QED) is 0.465. The van der Waals surface area contributed by atoms with E-state index in [0.717, 1.165) is 18.2 Å². The summed E-state index contributed by atoms with van der Waals surface area (Å²) in [7, 11) is 0. The minimum absolute atomic E-state index is 0.00107. The number of nitriles is 1. The molecule has 2 rings (SSSR count). The Morgan fingerprint density at radius 1 is 1.18 bits per heavy atom. The number of nitro benzene ring substituents is 1. The van der Waals surface area contributed by atoms with Crippen LogP contribution in [0, 0.1) is 27.3 Å². The van der Waals surface area contributed by atoms with E-state index >= 15 is 0 Å². The molecule has 2 aromatic carbocycles. The molecular formula is C15H11FN2O4. The van der Waals surface area contributed by atoms with Crippen molar-refractivity contribution in [2.45, 2.75) is 0 Å². The van der Waals surface area contributed by atoms with Gasteiger partial charge in [0.1, 0.15) is 24.8 Å². The maximum absolute atomic E-state index is 13.1. The molecule has 0 unspecified atom stereocenters. The molecule has 0 aliphatic heterocycles. The summed E-state index contributed by atoms with van der Waals surface area (Å²) in [5, 5.41) is 19.6. The molecule has 7 heteroatoms. The number of nitrogens with zero attached hydrogens (tertiary/aromatic N) is 2. The van der Waals surface area contributed by atoms with E-state index in [1.54, 1.807) is 24.3 Å². The summed E-state index contributed by atoms with van der Waals surface area (Å²) in [6.07, 6.45) is 0. The van der Waals surface area contributed by atoms with Gasteiger partial charge in [-0.3, -0.25) is 10.1 Å². The van der Waals surface area contributed by atoms with E-state index in [2.05, 4.69) is 0 Å². The topological polar surface area (TPSA) is 85.4 Å². The average molecular weight is 302 g/mol. The van der Waals surface area contributed by atoms with E-state index in [4.69, 9.17) is 14.7 Å². The van der Waals surface area contributed by atoms with Gasteiger partial charge in [0.2, 0.25) is 0 Å². The maximum Gasteiger partial charge on any atom is 0.311 e. The number of nitro groups is 1. The highest BCUT2D eigenvalue weighted by Gasteiger charge is 2.15. The van der Waals surface area contributed by atoms with Crippen molar-refractivity contribution in [1.29, 1.82) is 5.26 Å². The highest BCUT2D eigenvalue weighted by Crippen LogP contribution is 2.27. The predicted molar refractivity (Wildman–Crippen MR) is 75.2 cm³/mol. The smallest absolute Gasteiger partial charge is 0.311 e. The number of halogens is 1. The third-order valence-electron chi connectivity index (χ3n) is 2.69. The first-order valence-corrected chi connectivity index (χ1v) is 6.30. The lowest BCUT2D eigenvalue weighted by molar-refractivity contribution is -0.385. The summed E-state index contributed by atoms with van der Waals surface area (Å²) in [5.41, 5.74) is 0.145. The van der Waals surface area contributed by atoms with E-state index in [9.17, 15) is 14.5 Å². The molecule has 0 heterocycles. The van der Waals surface area contributed by atoms with Crippen LogP contribution in [0.3, 0.4) is 0 Å². The maximum atomic E-state index is 13.1. The Kier molecular flexibility index (Phi) is 4.88. The van der Waals surface area contributed by atoms with Gasteiger partial charge < -0.3 is 9.47 Å². The van der Waals surface area contributed by atoms with Gasteiger partial charge in [0.05, 0.1) is 16.6 Å². The number of hydrogen-bond acceptors (Lipinski definition) is 5. The standard InChI is InChI=1S/C15H11FN2O4/c16-12-4-5-14(18(19)20)15(9-12)22-7-6-21-13-3-1-2-11(8-13)10-17/h1-5,8-9H,6-7H2. The second kappa shape index (κ2) is 7.04. The van der Waals surface area contributed by atoms with Crippen molar-refractivity contribution in [2.24, 2.45) is 0 Å². The second-order valence-electron chi connectivity index (χ2n) is 4.21. The fourth-order valence-corrected chi connectivity index (χ4v) is 1.72. The van der Waals surface area contributed by atoms with Gasteiger partial charge in [-0.25, -0.2) is 4.39 Å². The van der Waals surface area contributed by atoms with Crippen LogP contribution in [-0.2, 0) is 0 Å². The molecule has 0 saturated carbocycles. The summed E-state index contributed by atoms with van der Waals surface area (Å²) < 4.78 is 23.7. The molecule has 0 aromatic heterocycles. The molecule has 6 nitrogen and oxygen atoms in total. The molecule has 0 saturated heterocycles. The van der Waals surface area contributed by atoms with Gasteiger partial charge >= 0.3 is 5.69 Å². The van der Waals surface area contributed by atoms with Crippen LogP contribution >= 0.6 is 0 Å². The van der Waals surface area contributed by atoms with Gasteiger partial charge in [-0.2, -0.15) is 5.26 Å². The lowest BCUT2D eigenvalue weighted by Crippen LogP contribution is -2.10. The molecule has 0 aliphatic carbocycles. The number of hydrogen-bond donors (Lipinski definition) is 0. The van der Waals surface area contributed by atoms with Crippen LogP contribution in [0.25, 0.3) is 0 Å². The Morgan fingerprint density at radius 3 is 2.68 bits per heavy atom. The Balaban J connectivity index is 1.93. The Morgan fingerprint density at radius 2 is 1.95 bits per heavy atom. The predicted octanol–water partition coefficient (Wildman–Crippen LogP) is 3.06. The zero-order chi connectivity index (χ0) is 15.9. The lowest BCUT2D eigenvalue weighted by Gasteiger charge is -2.09.